The molecular weight excluding hydrogens is 403 g/mol. The van der Waals surface area contributed by atoms with Gasteiger partial charge >= 0.3 is 0 Å². The average molecular weight is 410 g/mol. The van der Waals surface area contributed by atoms with Crippen LogP contribution in [0.15, 0.2) is 36.4 Å². The molecule has 0 radical (unpaired) electrons. The molecule has 6 heteroatoms. The quantitative estimate of drug-likeness (QED) is 0.695. The van der Waals surface area contributed by atoms with E-state index in [9.17, 15) is 9.18 Å². The molecule has 0 aliphatic carbocycles. The Morgan fingerprint density at radius 3 is 2.63 bits per heavy atom. The van der Waals surface area contributed by atoms with Gasteiger partial charge in [-0.15, -0.1) is 0 Å². The third kappa shape index (κ3) is 3.38. The topological polar surface area (TPSA) is 29.1 Å². The highest BCUT2D eigenvalue weighted by atomic mass is 127. The van der Waals surface area contributed by atoms with Crippen molar-refractivity contribution >= 4 is 57.4 Å². The normalized spacial score (nSPS) is 10.3. The van der Waals surface area contributed by atoms with E-state index in [0.717, 1.165) is 0 Å². The van der Waals surface area contributed by atoms with Crippen molar-refractivity contribution in [3.63, 3.8) is 0 Å². The molecule has 1 N–H and O–H groups in total. The Hall–Kier alpha value is -0.850. The Morgan fingerprint density at radius 2 is 1.95 bits per heavy atom. The van der Waals surface area contributed by atoms with Crippen LogP contribution in [0, 0.1) is 9.39 Å². The summed E-state index contributed by atoms with van der Waals surface area (Å²) >= 11 is 13.7. The van der Waals surface area contributed by atoms with E-state index < -0.39 is 0 Å². The largest absolute Gasteiger partial charge is 0.321 e. The fraction of sp³-hybridized carbons (Fsp3) is 0. The Kier molecular flexibility index (Phi) is 4.65. The second-order valence-electron chi connectivity index (χ2n) is 3.68. The molecule has 2 aromatic rings. The van der Waals surface area contributed by atoms with E-state index in [1.165, 1.54) is 18.2 Å². The van der Waals surface area contributed by atoms with Crippen LogP contribution in [-0.4, -0.2) is 5.91 Å². The molecule has 0 heterocycles. The van der Waals surface area contributed by atoms with Gasteiger partial charge in [-0.1, -0.05) is 29.3 Å². The second-order valence-corrected chi connectivity index (χ2v) is 5.63. The molecule has 0 saturated heterocycles. The molecule has 2 aromatic carbocycles. The molecule has 0 saturated carbocycles. The first-order valence-corrected chi connectivity index (χ1v) is 7.03. The Balaban J connectivity index is 2.28. The number of benzene rings is 2. The minimum Gasteiger partial charge on any atom is -0.321 e. The maximum Gasteiger partial charge on any atom is 0.256 e. The van der Waals surface area contributed by atoms with E-state index in [4.69, 9.17) is 23.2 Å². The van der Waals surface area contributed by atoms with E-state index in [-0.39, 0.29) is 16.7 Å². The molecule has 2 nitrogen and oxygen atoms in total. The Morgan fingerprint density at radius 1 is 1.21 bits per heavy atom. The van der Waals surface area contributed by atoms with Crippen molar-refractivity contribution in [2.24, 2.45) is 0 Å². The van der Waals surface area contributed by atoms with Gasteiger partial charge in [0.1, 0.15) is 5.82 Å². The highest BCUT2D eigenvalue weighted by Gasteiger charge is 2.13. The summed E-state index contributed by atoms with van der Waals surface area (Å²) in [5.74, 6) is -0.754. The third-order valence-electron chi connectivity index (χ3n) is 2.38. The average Bonchev–Trinajstić information content (AvgIpc) is 2.34. The van der Waals surface area contributed by atoms with Crippen LogP contribution in [0.4, 0.5) is 10.1 Å². The molecule has 0 bridgehead atoms. The van der Waals surface area contributed by atoms with E-state index in [0.29, 0.717) is 19.8 Å². The summed E-state index contributed by atoms with van der Waals surface area (Å²) < 4.78 is 13.5. The van der Waals surface area contributed by atoms with Gasteiger partial charge in [-0.25, -0.2) is 4.39 Å². The number of nitrogens with one attached hydrogen (secondary N) is 1. The zero-order chi connectivity index (χ0) is 14.0. The van der Waals surface area contributed by atoms with Crippen molar-refractivity contribution in [2.75, 3.05) is 5.32 Å². The first-order valence-electron chi connectivity index (χ1n) is 5.19. The molecule has 0 atom stereocenters. The molecule has 0 fully saturated rings. The smallest absolute Gasteiger partial charge is 0.256 e. The van der Waals surface area contributed by atoms with Crippen LogP contribution in [0.25, 0.3) is 0 Å². The molecule has 0 aliphatic heterocycles. The van der Waals surface area contributed by atoms with Crippen LogP contribution in [-0.2, 0) is 0 Å². The highest BCUT2D eigenvalue weighted by molar-refractivity contribution is 14.1. The SMILES string of the molecule is O=C(Nc1cccc(Cl)c1Cl)c1ccc(F)cc1I. The van der Waals surface area contributed by atoms with Crippen LogP contribution < -0.4 is 5.32 Å². The predicted octanol–water partition coefficient (Wildman–Crippen LogP) is 4.99. The molecule has 2 rings (SSSR count). The molecule has 0 aliphatic rings. The van der Waals surface area contributed by atoms with Crippen molar-refractivity contribution < 1.29 is 9.18 Å². The molecule has 19 heavy (non-hydrogen) atoms. The fourth-order valence-electron chi connectivity index (χ4n) is 1.46. The number of hydrogen-bond acceptors (Lipinski definition) is 1. The summed E-state index contributed by atoms with van der Waals surface area (Å²) in [4.78, 5) is 12.1. The lowest BCUT2D eigenvalue weighted by atomic mass is 10.2. The summed E-state index contributed by atoms with van der Waals surface area (Å²) in [6.45, 7) is 0. The lowest BCUT2D eigenvalue weighted by Gasteiger charge is -2.09. The summed E-state index contributed by atoms with van der Waals surface area (Å²) in [7, 11) is 0. The van der Waals surface area contributed by atoms with Crippen LogP contribution in [0.5, 0.6) is 0 Å². The van der Waals surface area contributed by atoms with Gasteiger partial charge in [0, 0.05) is 3.57 Å². The van der Waals surface area contributed by atoms with Gasteiger partial charge in [-0.2, -0.15) is 0 Å². The van der Waals surface area contributed by atoms with Gasteiger partial charge in [-0.05, 0) is 52.9 Å². The summed E-state index contributed by atoms with van der Waals surface area (Å²) in [6.07, 6.45) is 0. The van der Waals surface area contributed by atoms with E-state index >= 15 is 0 Å². The number of halogens is 4. The number of carbonyl (C=O) groups is 1. The number of carbonyl (C=O) groups excluding carboxylic acids is 1. The van der Waals surface area contributed by atoms with E-state index in [1.807, 2.05) is 22.6 Å². The fourth-order valence-corrected chi connectivity index (χ4v) is 2.53. The number of hydrogen-bond donors (Lipinski definition) is 1. The van der Waals surface area contributed by atoms with Crippen molar-refractivity contribution in [1.29, 1.82) is 0 Å². The molecule has 0 aromatic heterocycles. The van der Waals surface area contributed by atoms with Crippen molar-refractivity contribution in [3.05, 3.63) is 61.4 Å². The number of amides is 1. The van der Waals surface area contributed by atoms with Gasteiger partial charge in [0.2, 0.25) is 0 Å². The maximum absolute atomic E-state index is 13.0. The molecule has 1 amide bonds. The van der Waals surface area contributed by atoms with Crippen LogP contribution in [0.2, 0.25) is 10.0 Å². The van der Waals surface area contributed by atoms with Gasteiger partial charge in [0.15, 0.2) is 0 Å². The monoisotopic (exact) mass is 409 g/mol. The molecule has 98 valence electrons. The van der Waals surface area contributed by atoms with Crippen molar-refractivity contribution in [3.8, 4) is 0 Å². The first-order chi connectivity index (χ1) is 8.99. The Bertz CT molecular complexity index is 649. The zero-order valence-corrected chi connectivity index (χ0v) is 13.1. The van der Waals surface area contributed by atoms with Gasteiger partial charge < -0.3 is 5.32 Å². The van der Waals surface area contributed by atoms with Gasteiger partial charge in [0.25, 0.3) is 5.91 Å². The third-order valence-corrected chi connectivity index (χ3v) is 4.09. The maximum atomic E-state index is 13.0. The van der Waals surface area contributed by atoms with Gasteiger partial charge in [0.05, 0.1) is 21.3 Å². The second kappa shape index (κ2) is 6.07. The Labute approximate surface area is 133 Å². The highest BCUT2D eigenvalue weighted by Crippen LogP contribution is 2.30. The molecular formula is C13H7Cl2FINO. The summed E-state index contributed by atoms with van der Waals surface area (Å²) in [5, 5.41) is 3.27. The zero-order valence-electron chi connectivity index (χ0n) is 9.38. The van der Waals surface area contributed by atoms with Crippen LogP contribution in [0.3, 0.4) is 0 Å². The van der Waals surface area contributed by atoms with Crippen molar-refractivity contribution in [1.82, 2.24) is 0 Å². The molecule has 0 unspecified atom stereocenters. The lowest BCUT2D eigenvalue weighted by molar-refractivity contribution is 0.102. The van der Waals surface area contributed by atoms with Crippen LogP contribution >= 0.6 is 45.8 Å². The number of rotatable bonds is 2. The van der Waals surface area contributed by atoms with Crippen molar-refractivity contribution in [2.45, 2.75) is 0 Å². The summed E-state index contributed by atoms with van der Waals surface area (Å²) in [6, 6.07) is 8.89. The van der Waals surface area contributed by atoms with Gasteiger partial charge in [-0.3, -0.25) is 4.79 Å². The van der Waals surface area contributed by atoms with Crippen LogP contribution in [0.1, 0.15) is 10.4 Å². The minimum atomic E-state index is -0.387. The predicted molar refractivity (Wildman–Crippen MR) is 83.5 cm³/mol. The number of anilines is 1. The standard InChI is InChI=1S/C13H7Cl2FINO/c14-9-2-1-3-11(12(9)15)18-13(19)8-5-4-7(16)6-10(8)17/h1-6H,(H,18,19). The lowest BCUT2D eigenvalue weighted by Crippen LogP contribution is -2.13. The summed E-state index contributed by atoms with van der Waals surface area (Å²) in [5.41, 5.74) is 0.789. The minimum absolute atomic E-state index is 0.273. The van der Waals surface area contributed by atoms with E-state index in [1.54, 1.807) is 18.2 Å². The molecule has 0 spiro atoms. The first kappa shape index (κ1) is 14.6. The van der Waals surface area contributed by atoms with E-state index in [2.05, 4.69) is 5.32 Å².